The van der Waals surface area contributed by atoms with Crippen molar-refractivity contribution in [3.63, 3.8) is 0 Å². The van der Waals surface area contributed by atoms with Gasteiger partial charge in [0.2, 0.25) is 0 Å². The van der Waals surface area contributed by atoms with Crippen molar-refractivity contribution in [1.29, 1.82) is 0 Å². The van der Waals surface area contributed by atoms with Gasteiger partial charge in [-0.15, -0.1) is 0 Å². The number of halogens is 1. The highest BCUT2D eigenvalue weighted by atomic mass is 19.1. The van der Waals surface area contributed by atoms with E-state index in [2.05, 4.69) is 0 Å². The van der Waals surface area contributed by atoms with Gasteiger partial charge in [-0.05, 0) is 18.9 Å². The Morgan fingerprint density at radius 2 is 1.94 bits per heavy atom. The van der Waals surface area contributed by atoms with Crippen LogP contribution in [0.4, 0.5) is 4.39 Å². The molecule has 1 saturated carbocycles. The van der Waals surface area contributed by atoms with Crippen LogP contribution >= 0.6 is 0 Å². The summed E-state index contributed by atoms with van der Waals surface area (Å²) in [5.41, 5.74) is 6.81. The highest BCUT2D eigenvalue weighted by Gasteiger charge is 2.37. The summed E-state index contributed by atoms with van der Waals surface area (Å²) in [6.45, 7) is 0.249. The zero-order valence-electron chi connectivity index (χ0n) is 11.0. The minimum Gasteiger partial charge on any atom is -0.496 e. The number of rotatable bonds is 4. The highest BCUT2D eigenvalue weighted by molar-refractivity contribution is 5.44. The van der Waals surface area contributed by atoms with E-state index in [1.165, 1.54) is 0 Å². The first kappa shape index (κ1) is 13.3. The zero-order valence-corrected chi connectivity index (χ0v) is 11.0. The summed E-state index contributed by atoms with van der Waals surface area (Å²) in [5.74, 6) is 0.261. The topological polar surface area (TPSA) is 44.5 Å². The lowest BCUT2D eigenvalue weighted by Gasteiger charge is -2.27. The first-order valence-corrected chi connectivity index (χ1v) is 6.26. The molecule has 1 aliphatic carbocycles. The molecule has 0 bridgehead atoms. The van der Waals surface area contributed by atoms with Gasteiger partial charge in [0.25, 0.3) is 0 Å². The lowest BCUT2D eigenvalue weighted by atomic mass is 9.87. The molecule has 2 N–H and O–H groups in total. The largest absolute Gasteiger partial charge is 0.496 e. The predicted octanol–water partition coefficient (Wildman–Crippen LogP) is 2.71. The molecule has 18 heavy (non-hydrogen) atoms. The molecule has 3 nitrogen and oxygen atoms in total. The van der Waals surface area contributed by atoms with E-state index in [9.17, 15) is 4.39 Å². The molecule has 1 aliphatic rings. The van der Waals surface area contributed by atoms with E-state index in [-0.39, 0.29) is 12.4 Å². The fourth-order valence-corrected chi connectivity index (χ4v) is 2.76. The van der Waals surface area contributed by atoms with Crippen LogP contribution in [-0.4, -0.2) is 14.2 Å². The lowest BCUT2D eigenvalue weighted by Crippen LogP contribution is -2.35. The molecular formula is C14H20FNO2. The van der Waals surface area contributed by atoms with Gasteiger partial charge < -0.3 is 15.2 Å². The molecule has 100 valence electrons. The van der Waals surface area contributed by atoms with E-state index in [0.717, 1.165) is 25.7 Å². The molecule has 1 aromatic rings. The Morgan fingerprint density at radius 1 is 1.28 bits per heavy atom. The highest BCUT2D eigenvalue weighted by Crippen LogP contribution is 2.42. The van der Waals surface area contributed by atoms with Crippen LogP contribution in [0.2, 0.25) is 0 Å². The molecule has 1 fully saturated rings. The van der Waals surface area contributed by atoms with Crippen LogP contribution in [0.5, 0.6) is 5.75 Å². The van der Waals surface area contributed by atoms with E-state index in [1.807, 2.05) is 0 Å². The summed E-state index contributed by atoms with van der Waals surface area (Å²) in [6.07, 6.45) is 3.68. The van der Waals surface area contributed by atoms with Crippen molar-refractivity contribution in [2.24, 2.45) is 5.73 Å². The third-order valence-corrected chi connectivity index (χ3v) is 3.70. The Kier molecular flexibility index (Phi) is 3.88. The van der Waals surface area contributed by atoms with Gasteiger partial charge in [0.05, 0.1) is 13.7 Å². The predicted molar refractivity (Wildman–Crippen MR) is 68.0 cm³/mol. The van der Waals surface area contributed by atoms with E-state index in [0.29, 0.717) is 16.9 Å². The monoisotopic (exact) mass is 253 g/mol. The summed E-state index contributed by atoms with van der Waals surface area (Å²) >= 11 is 0. The number of nitrogens with two attached hydrogens (primary N) is 1. The quantitative estimate of drug-likeness (QED) is 0.897. The van der Waals surface area contributed by atoms with Crippen LogP contribution < -0.4 is 10.5 Å². The third-order valence-electron chi connectivity index (χ3n) is 3.70. The molecule has 0 heterocycles. The summed E-state index contributed by atoms with van der Waals surface area (Å²) in [7, 11) is 3.10. The molecule has 0 amide bonds. The second-order valence-corrected chi connectivity index (χ2v) is 4.91. The fourth-order valence-electron chi connectivity index (χ4n) is 2.76. The average molecular weight is 253 g/mol. The van der Waals surface area contributed by atoms with Crippen molar-refractivity contribution in [2.45, 2.75) is 37.8 Å². The first-order chi connectivity index (χ1) is 8.62. The number of ether oxygens (including phenoxy) is 2. The molecule has 0 aromatic heterocycles. The summed E-state index contributed by atoms with van der Waals surface area (Å²) < 4.78 is 24.9. The third kappa shape index (κ3) is 2.22. The molecule has 0 unspecified atom stereocenters. The van der Waals surface area contributed by atoms with Crippen LogP contribution in [0.1, 0.15) is 36.8 Å². The Morgan fingerprint density at radius 3 is 2.50 bits per heavy atom. The van der Waals surface area contributed by atoms with Crippen molar-refractivity contribution >= 4 is 0 Å². The van der Waals surface area contributed by atoms with Crippen LogP contribution in [-0.2, 0) is 16.9 Å². The van der Waals surface area contributed by atoms with Gasteiger partial charge >= 0.3 is 0 Å². The van der Waals surface area contributed by atoms with Crippen LogP contribution in [0.15, 0.2) is 12.1 Å². The second kappa shape index (κ2) is 5.24. The standard InChI is InChI=1S/C14H20FNO2/c1-17-9-10-5-6-11(18-2)12(13(10)15)14(16)7-3-4-8-14/h5-6H,3-4,7-9,16H2,1-2H3. The summed E-state index contributed by atoms with van der Waals surface area (Å²) in [4.78, 5) is 0. The maximum absolute atomic E-state index is 14.6. The van der Waals surface area contributed by atoms with Gasteiger partial charge in [0, 0.05) is 23.8 Å². The molecular weight excluding hydrogens is 233 g/mol. The van der Waals surface area contributed by atoms with Crippen molar-refractivity contribution < 1.29 is 13.9 Å². The van der Waals surface area contributed by atoms with Crippen molar-refractivity contribution in [2.75, 3.05) is 14.2 Å². The number of benzene rings is 1. The zero-order chi connectivity index (χ0) is 13.2. The van der Waals surface area contributed by atoms with Gasteiger partial charge in [-0.1, -0.05) is 18.9 Å². The van der Waals surface area contributed by atoms with Crippen molar-refractivity contribution in [3.8, 4) is 5.75 Å². The maximum atomic E-state index is 14.6. The lowest BCUT2D eigenvalue weighted by molar-refractivity contribution is 0.180. The SMILES string of the molecule is COCc1ccc(OC)c(C2(N)CCCC2)c1F. The van der Waals surface area contributed by atoms with E-state index in [4.69, 9.17) is 15.2 Å². The number of hydrogen-bond acceptors (Lipinski definition) is 3. The minimum absolute atomic E-state index is 0.249. The minimum atomic E-state index is -0.598. The molecule has 4 heteroatoms. The van der Waals surface area contributed by atoms with Crippen molar-refractivity contribution in [3.05, 3.63) is 29.1 Å². The molecule has 0 radical (unpaired) electrons. The molecule has 0 spiro atoms. The molecule has 0 atom stereocenters. The van der Waals surface area contributed by atoms with Gasteiger partial charge in [0.1, 0.15) is 11.6 Å². The van der Waals surface area contributed by atoms with E-state index >= 15 is 0 Å². The molecule has 1 aromatic carbocycles. The fraction of sp³-hybridized carbons (Fsp3) is 0.571. The Bertz CT molecular complexity index is 428. The molecule has 2 rings (SSSR count). The normalized spacial score (nSPS) is 18.0. The molecule has 0 saturated heterocycles. The van der Waals surface area contributed by atoms with Gasteiger partial charge in [-0.3, -0.25) is 0 Å². The van der Waals surface area contributed by atoms with E-state index in [1.54, 1.807) is 26.4 Å². The Hall–Kier alpha value is -1.13. The number of methoxy groups -OCH3 is 2. The Balaban J connectivity index is 2.51. The van der Waals surface area contributed by atoms with Crippen LogP contribution in [0.25, 0.3) is 0 Å². The van der Waals surface area contributed by atoms with Gasteiger partial charge in [-0.25, -0.2) is 4.39 Å². The average Bonchev–Trinajstić information content (AvgIpc) is 2.79. The second-order valence-electron chi connectivity index (χ2n) is 4.91. The summed E-state index contributed by atoms with van der Waals surface area (Å²) in [5, 5.41) is 0. The molecule has 0 aliphatic heterocycles. The van der Waals surface area contributed by atoms with Crippen LogP contribution in [0, 0.1) is 5.82 Å². The maximum Gasteiger partial charge on any atom is 0.137 e. The smallest absolute Gasteiger partial charge is 0.137 e. The first-order valence-electron chi connectivity index (χ1n) is 6.26. The van der Waals surface area contributed by atoms with Crippen LogP contribution in [0.3, 0.4) is 0 Å². The van der Waals surface area contributed by atoms with Gasteiger partial charge in [-0.2, -0.15) is 0 Å². The Labute approximate surface area is 107 Å². The summed E-state index contributed by atoms with van der Waals surface area (Å²) in [6, 6.07) is 3.47. The van der Waals surface area contributed by atoms with Crippen molar-refractivity contribution in [1.82, 2.24) is 0 Å². The number of hydrogen-bond donors (Lipinski definition) is 1. The van der Waals surface area contributed by atoms with E-state index < -0.39 is 5.54 Å². The van der Waals surface area contributed by atoms with Gasteiger partial charge in [0.15, 0.2) is 0 Å².